The first-order valence-corrected chi connectivity index (χ1v) is 10.7. The normalized spacial score (nSPS) is 13.7. The number of nitrogens with zero attached hydrogens (tertiary/aromatic N) is 2. The zero-order valence-corrected chi connectivity index (χ0v) is 17.3. The number of carbonyl (C=O) groups is 1. The highest BCUT2D eigenvalue weighted by atomic mass is 19.1. The Morgan fingerprint density at radius 1 is 0.938 bits per heavy atom. The van der Waals surface area contributed by atoms with E-state index < -0.39 is 0 Å². The molecule has 6 rings (SSSR count). The van der Waals surface area contributed by atoms with E-state index in [-0.39, 0.29) is 23.7 Å². The summed E-state index contributed by atoms with van der Waals surface area (Å²) in [5.41, 5.74) is 4.40. The van der Waals surface area contributed by atoms with Crippen molar-refractivity contribution in [3.8, 4) is 0 Å². The van der Waals surface area contributed by atoms with Gasteiger partial charge in [0.25, 0.3) is 0 Å². The van der Waals surface area contributed by atoms with Crippen LogP contribution < -0.4 is 5.43 Å². The zero-order chi connectivity index (χ0) is 21.8. The number of nitrogens with one attached hydrogen (secondary N) is 1. The number of aromatic nitrogens is 2. The van der Waals surface area contributed by atoms with Crippen LogP contribution in [0, 0.1) is 5.82 Å². The molecule has 158 valence electrons. The molecule has 0 atom stereocenters. The van der Waals surface area contributed by atoms with Crippen LogP contribution in [-0.2, 0) is 24.3 Å². The second-order valence-corrected chi connectivity index (χ2v) is 8.29. The predicted octanol–water partition coefficient (Wildman–Crippen LogP) is 4.36. The molecule has 1 amide bonds. The Kier molecular flexibility index (Phi) is 4.15. The van der Waals surface area contributed by atoms with Crippen molar-refractivity contribution in [3.05, 3.63) is 94.0 Å². The summed E-state index contributed by atoms with van der Waals surface area (Å²) >= 11 is 0. The minimum absolute atomic E-state index is 0.0247. The SMILES string of the molecule is O=C(Cn1c2ccccc2c(=O)c2ccccc21)N1CCc2[nH]c3ccc(F)cc3c2C1. The number of fused-ring (bicyclic) bond motifs is 5. The number of aromatic amines is 1. The third-order valence-corrected chi connectivity index (χ3v) is 6.46. The second-order valence-electron chi connectivity index (χ2n) is 8.29. The van der Waals surface area contributed by atoms with E-state index in [9.17, 15) is 14.0 Å². The molecule has 1 aliphatic rings. The summed E-state index contributed by atoms with van der Waals surface area (Å²) in [5.74, 6) is -0.311. The standard InChI is InChI=1S/C26H20FN3O2/c27-16-9-10-21-19(13-16)20-14-29(12-11-22(20)28-21)25(31)15-30-23-7-3-1-5-17(23)26(32)18-6-2-4-8-24(18)30/h1-10,13,28H,11-12,14-15H2. The summed E-state index contributed by atoms with van der Waals surface area (Å²) in [4.78, 5) is 31.5. The molecular weight excluding hydrogens is 405 g/mol. The lowest BCUT2D eigenvalue weighted by Gasteiger charge is -2.28. The summed E-state index contributed by atoms with van der Waals surface area (Å²) in [6.07, 6.45) is 0.697. The highest BCUT2D eigenvalue weighted by Crippen LogP contribution is 2.29. The van der Waals surface area contributed by atoms with Crippen molar-refractivity contribution in [2.24, 2.45) is 0 Å². The van der Waals surface area contributed by atoms with E-state index in [1.807, 2.05) is 45.9 Å². The fourth-order valence-electron chi connectivity index (χ4n) is 4.88. The number of amides is 1. The van der Waals surface area contributed by atoms with Crippen molar-refractivity contribution in [2.45, 2.75) is 19.5 Å². The van der Waals surface area contributed by atoms with Gasteiger partial charge >= 0.3 is 0 Å². The van der Waals surface area contributed by atoms with Crippen molar-refractivity contribution < 1.29 is 9.18 Å². The molecule has 0 fully saturated rings. The molecule has 0 spiro atoms. The summed E-state index contributed by atoms with van der Waals surface area (Å²) in [5, 5.41) is 2.04. The summed E-state index contributed by atoms with van der Waals surface area (Å²) in [7, 11) is 0. The number of halogens is 1. The van der Waals surface area contributed by atoms with E-state index >= 15 is 0 Å². The highest BCUT2D eigenvalue weighted by Gasteiger charge is 2.25. The first kappa shape index (κ1) is 18.8. The number of benzene rings is 3. The van der Waals surface area contributed by atoms with E-state index in [0.717, 1.165) is 33.2 Å². The molecule has 1 N–H and O–H groups in total. The molecule has 0 unspecified atom stereocenters. The van der Waals surface area contributed by atoms with Crippen LogP contribution in [0.15, 0.2) is 71.5 Å². The quantitative estimate of drug-likeness (QED) is 0.427. The van der Waals surface area contributed by atoms with Crippen LogP contribution in [0.4, 0.5) is 4.39 Å². The van der Waals surface area contributed by atoms with Gasteiger partial charge in [0.2, 0.25) is 5.91 Å². The predicted molar refractivity (Wildman–Crippen MR) is 123 cm³/mol. The van der Waals surface area contributed by atoms with Gasteiger partial charge < -0.3 is 14.5 Å². The largest absolute Gasteiger partial charge is 0.358 e. The minimum Gasteiger partial charge on any atom is -0.358 e. The monoisotopic (exact) mass is 425 g/mol. The molecule has 1 aliphatic heterocycles. The van der Waals surface area contributed by atoms with Crippen LogP contribution in [0.3, 0.4) is 0 Å². The highest BCUT2D eigenvalue weighted by molar-refractivity contribution is 5.95. The lowest BCUT2D eigenvalue weighted by atomic mass is 10.0. The number of hydrogen-bond donors (Lipinski definition) is 1. The molecule has 0 aliphatic carbocycles. The summed E-state index contributed by atoms with van der Waals surface area (Å²) < 4.78 is 15.8. The Morgan fingerprint density at radius 3 is 2.34 bits per heavy atom. The first-order chi connectivity index (χ1) is 15.6. The Balaban J connectivity index is 1.40. The minimum atomic E-state index is -0.283. The van der Waals surface area contributed by atoms with Gasteiger partial charge in [0.05, 0.1) is 11.0 Å². The number of rotatable bonds is 2. The van der Waals surface area contributed by atoms with Gasteiger partial charge in [-0.15, -0.1) is 0 Å². The van der Waals surface area contributed by atoms with Gasteiger partial charge in [-0.1, -0.05) is 24.3 Å². The second kappa shape index (κ2) is 7.05. The fourth-order valence-corrected chi connectivity index (χ4v) is 4.88. The molecule has 5 nitrogen and oxygen atoms in total. The number of H-pyrrole nitrogens is 1. The average molecular weight is 425 g/mol. The molecule has 5 aromatic rings. The van der Waals surface area contributed by atoms with Crippen molar-refractivity contribution in [3.63, 3.8) is 0 Å². The van der Waals surface area contributed by atoms with Crippen LogP contribution in [0.1, 0.15) is 11.3 Å². The van der Waals surface area contributed by atoms with Crippen LogP contribution in [0.25, 0.3) is 32.7 Å². The van der Waals surface area contributed by atoms with Crippen LogP contribution in [0.2, 0.25) is 0 Å². The number of hydrogen-bond acceptors (Lipinski definition) is 2. The van der Waals surface area contributed by atoms with Crippen LogP contribution in [0.5, 0.6) is 0 Å². The molecule has 6 heteroatoms. The van der Waals surface area contributed by atoms with E-state index in [4.69, 9.17) is 0 Å². The Bertz CT molecular complexity index is 1540. The Labute approximate surface area is 182 Å². The van der Waals surface area contributed by atoms with Gasteiger partial charge in [0, 0.05) is 52.4 Å². The van der Waals surface area contributed by atoms with Gasteiger partial charge in [-0.2, -0.15) is 0 Å². The lowest BCUT2D eigenvalue weighted by molar-refractivity contribution is -0.132. The number of para-hydroxylation sites is 2. The van der Waals surface area contributed by atoms with Gasteiger partial charge in [0.1, 0.15) is 12.4 Å². The molecule has 0 saturated heterocycles. The average Bonchev–Trinajstić information content (AvgIpc) is 3.18. The van der Waals surface area contributed by atoms with Gasteiger partial charge in [0.15, 0.2) is 5.43 Å². The number of carbonyl (C=O) groups excluding carboxylic acids is 1. The lowest BCUT2D eigenvalue weighted by Crippen LogP contribution is -2.38. The topological polar surface area (TPSA) is 58.1 Å². The maximum atomic E-state index is 13.8. The van der Waals surface area contributed by atoms with Crippen molar-refractivity contribution in [1.29, 1.82) is 0 Å². The van der Waals surface area contributed by atoms with Crippen molar-refractivity contribution >= 4 is 38.6 Å². The fraction of sp³-hybridized carbons (Fsp3) is 0.154. The van der Waals surface area contributed by atoms with Crippen LogP contribution >= 0.6 is 0 Å². The van der Waals surface area contributed by atoms with Crippen LogP contribution in [-0.4, -0.2) is 26.9 Å². The summed E-state index contributed by atoms with van der Waals surface area (Å²) in [6.45, 7) is 1.16. The van der Waals surface area contributed by atoms with Gasteiger partial charge in [-0.3, -0.25) is 9.59 Å². The summed E-state index contributed by atoms with van der Waals surface area (Å²) in [6, 6.07) is 19.5. The third-order valence-electron chi connectivity index (χ3n) is 6.46. The van der Waals surface area contributed by atoms with E-state index in [2.05, 4.69) is 4.98 Å². The molecule has 0 saturated carbocycles. The van der Waals surface area contributed by atoms with E-state index in [1.54, 1.807) is 18.2 Å². The molecule has 0 radical (unpaired) electrons. The molecular formula is C26H20FN3O2. The third kappa shape index (κ3) is 2.83. The molecule has 3 aromatic carbocycles. The Hall–Kier alpha value is -3.93. The maximum Gasteiger partial charge on any atom is 0.242 e. The molecule has 32 heavy (non-hydrogen) atoms. The first-order valence-electron chi connectivity index (χ1n) is 10.7. The van der Waals surface area contributed by atoms with Gasteiger partial charge in [-0.25, -0.2) is 4.39 Å². The Morgan fingerprint density at radius 2 is 1.62 bits per heavy atom. The van der Waals surface area contributed by atoms with Crippen molar-refractivity contribution in [1.82, 2.24) is 14.5 Å². The molecule has 2 aromatic heterocycles. The van der Waals surface area contributed by atoms with E-state index in [0.29, 0.717) is 30.3 Å². The zero-order valence-electron chi connectivity index (χ0n) is 17.3. The van der Waals surface area contributed by atoms with E-state index in [1.165, 1.54) is 12.1 Å². The molecule has 3 heterocycles. The van der Waals surface area contributed by atoms with Gasteiger partial charge in [-0.05, 0) is 42.5 Å². The maximum absolute atomic E-state index is 13.8. The van der Waals surface area contributed by atoms with Crippen molar-refractivity contribution in [2.75, 3.05) is 6.54 Å². The smallest absolute Gasteiger partial charge is 0.242 e. The number of pyridine rings is 1. The molecule has 0 bridgehead atoms.